The molecular formula is C25H36N4O. The van der Waals surface area contributed by atoms with E-state index in [0.717, 1.165) is 77.2 Å². The molecule has 0 bridgehead atoms. The summed E-state index contributed by atoms with van der Waals surface area (Å²) >= 11 is 0. The van der Waals surface area contributed by atoms with Gasteiger partial charge in [0, 0.05) is 45.2 Å². The highest BCUT2D eigenvalue weighted by atomic mass is 16.2. The zero-order valence-corrected chi connectivity index (χ0v) is 18.1. The third kappa shape index (κ3) is 6.57. The number of rotatable bonds is 8. The highest BCUT2D eigenvalue weighted by molar-refractivity contribution is 5.79. The van der Waals surface area contributed by atoms with E-state index in [4.69, 9.17) is 5.73 Å². The van der Waals surface area contributed by atoms with Crippen LogP contribution >= 0.6 is 0 Å². The number of carbonyl (C=O) groups excluding carboxylic acids is 1. The highest BCUT2D eigenvalue weighted by Crippen LogP contribution is 2.21. The van der Waals surface area contributed by atoms with Crippen LogP contribution in [0.2, 0.25) is 0 Å². The van der Waals surface area contributed by atoms with Crippen LogP contribution in [0.1, 0.15) is 18.4 Å². The van der Waals surface area contributed by atoms with E-state index >= 15 is 0 Å². The number of nitrogens with zero attached hydrogens (tertiary/aromatic N) is 3. The molecule has 5 nitrogen and oxygen atoms in total. The minimum Gasteiger partial charge on any atom is -0.405 e. The molecular weight excluding hydrogens is 372 g/mol. The van der Waals surface area contributed by atoms with E-state index in [0.29, 0.717) is 5.91 Å². The van der Waals surface area contributed by atoms with Crippen LogP contribution in [0.3, 0.4) is 0 Å². The zero-order chi connectivity index (χ0) is 21.2. The van der Waals surface area contributed by atoms with Crippen molar-refractivity contribution in [1.82, 2.24) is 14.7 Å². The van der Waals surface area contributed by atoms with Crippen molar-refractivity contribution in [1.29, 1.82) is 0 Å². The number of piperazine rings is 1. The quantitative estimate of drug-likeness (QED) is 0.672. The van der Waals surface area contributed by atoms with E-state index in [1.165, 1.54) is 5.56 Å². The second-order valence-corrected chi connectivity index (χ2v) is 8.29. The minimum absolute atomic E-state index is 0.175. The molecule has 0 aliphatic carbocycles. The molecule has 162 valence electrons. The topological polar surface area (TPSA) is 52.8 Å². The van der Waals surface area contributed by atoms with Crippen LogP contribution in [0.25, 0.3) is 0 Å². The molecule has 3 rings (SSSR count). The van der Waals surface area contributed by atoms with Gasteiger partial charge >= 0.3 is 0 Å². The van der Waals surface area contributed by atoms with Crippen LogP contribution < -0.4 is 5.73 Å². The summed E-state index contributed by atoms with van der Waals surface area (Å²) in [7, 11) is 0. The van der Waals surface area contributed by atoms with E-state index < -0.39 is 0 Å². The summed E-state index contributed by atoms with van der Waals surface area (Å²) in [6.45, 7) is 11.3. The molecule has 2 aliphatic heterocycles. The zero-order valence-electron chi connectivity index (χ0n) is 18.1. The first-order chi connectivity index (χ1) is 14.7. The molecule has 2 fully saturated rings. The minimum atomic E-state index is 0.175. The van der Waals surface area contributed by atoms with Gasteiger partial charge in [-0.25, -0.2) is 0 Å². The van der Waals surface area contributed by atoms with Crippen molar-refractivity contribution >= 4 is 5.91 Å². The van der Waals surface area contributed by atoms with Crippen molar-refractivity contribution in [3.05, 3.63) is 72.5 Å². The SMILES string of the molecule is C=C/C=C(\C=C/N)CN1CCC(C(=O)N2CCN(CCc3ccccc3)CC2)CC1. The molecule has 0 unspecified atom stereocenters. The number of likely N-dealkylation sites (tertiary alicyclic amines) is 1. The predicted octanol–water partition coefficient (Wildman–Crippen LogP) is 2.67. The van der Waals surface area contributed by atoms with Crippen LogP contribution in [0.15, 0.2) is 66.9 Å². The number of hydrogen-bond donors (Lipinski definition) is 1. The highest BCUT2D eigenvalue weighted by Gasteiger charge is 2.30. The Labute approximate surface area is 181 Å². The Hall–Kier alpha value is -2.37. The molecule has 2 N–H and O–H groups in total. The number of hydrogen-bond acceptors (Lipinski definition) is 4. The predicted molar refractivity (Wildman–Crippen MR) is 124 cm³/mol. The summed E-state index contributed by atoms with van der Waals surface area (Å²) < 4.78 is 0. The lowest BCUT2D eigenvalue weighted by Gasteiger charge is -2.38. The molecule has 0 saturated carbocycles. The fourth-order valence-corrected chi connectivity index (χ4v) is 4.41. The first-order valence-corrected chi connectivity index (χ1v) is 11.2. The molecule has 0 spiro atoms. The normalized spacial score (nSPS) is 20.0. The number of carbonyl (C=O) groups is 1. The van der Waals surface area contributed by atoms with Crippen LogP contribution in [0.5, 0.6) is 0 Å². The molecule has 0 radical (unpaired) electrons. The fraction of sp³-hybridized carbons (Fsp3) is 0.480. The van der Waals surface area contributed by atoms with E-state index in [9.17, 15) is 4.79 Å². The Morgan fingerprint density at radius 1 is 1.03 bits per heavy atom. The van der Waals surface area contributed by atoms with Crippen LogP contribution in [-0.2, 0) is 11.2 Å². The largest absolute Gasteiger partial charge is 0.405 e. The summed E-state index contributed by atoms with van der Waals surface area (Å²) in [5, 5.41) is 0. The Bertz CT molecular complexity index is 727. The third-order valence-electron chi connectivity index (χ3n) is 6.23. The molecule has 0 aromatic heterocycles. The Kier molecular flexibility index (Phi) is 8.72. The van der Waals surface area contributed by atoms with Crippen molar-refractivity contribution in [3.63, 3.8) is 0 Å². The Morgan fingerprint density at radius 2 is 1.73 bits per heavy atom. The van der Waals surface area contributed by atoms with Crippen LogP contribution in [-0.4, -0.2) is 73.0 Å². The van der Waals surface area contributed by atoms with Gasteiger partial charge < -0.3 is 10.6 Å². The number of allylic oxidation sites excluding steroid dienone is 2. The molecule has 1 aromatic carbocycles. The van der Waals surface area contributed by atoms with Crippen molar-refractivity contribution in [2.24, 2.45) is 11.7 Å². The lowest BCUT2D eigenvalue weighted by atomic mass is 9.94. The molecule has 1 aromatic rings. The molecule has 2 saturated heterocycles. The second-order valence-electron chi connectivity index (χ2n) is 8.29. The maximum atomic E-state index is 13.0. The summed E-state index contributed by atoms with van der Waals surface area (Å²) in [6, 6.07) is 10.6. The van der Waals surface area contributed by atoms with Crippen molar-refractivity contribution in [2.45, 2.75) is 19.3 Å². The lowest BCUT2D eigenvalue weighted by molar-refractivity contribution is -0.138. The number of benzene rings is 1. The van der Waals surface area contributed by atoms with Gasteiger partial charge in [0.05, 0.1) is 0 Å². The van der Waals surface area contributed by atoms with E-state index in [1.54, 1.807) is 12.3 Å². The monoisotopic (exact) mass is 408 g/mol. The molecule has 30 heavy (non-hydrogen) atoms. The molecule has 2 aliphatic rings. The maximum Gasteiger partial charge on any atom is 0.225 e. The van der Waals surface area contributed by atoms with Gasteiger partial charge in [0.2, 0.25) is 5.91 Å². The van der Waals surface area contributed by atoms with Gasteiger partial charge in [0.1, 0.15) is 0 Å². The second kappa shape index (κ2) is 11.7. The van der Waals surface area contributed by atoms with Crippen LogP contribution in [0.4, 0.5) is 0 Å². The van der Waals surface area contributed by atoms with Crippen molar-refractivity contribution in [3.8, 4) is 0 Å². The van der Waals surface area contributed by atoms with Crippen molar-refractivity contribution in [2.75, 3.05) is 52.4 Å². The maximum absolute atomic E-state index is 13.0. The average Bonchev–Trinajstić information content (AvgIpc) is 2.79. The Balaban J connectivity index is 1.38. The number of piperidine rings is 1. The fourth-order valence-electron chi connectivity index (χ4n) is 4.41. The van der Waals surface area contributed by atoms with E-state index in [1.807, 2.05) is 12.2 Å². The van der Waals surface area contributed by atoms with Gasteiger partial charge in [0.25, 0.3) is 0 Å². The number of nitrogens with two attached hydrogens (primary N) is 1. The first-order valence-electron chi connectivity index (χ1n) is 11.2. The third-order valence-corrected chi connectivity index (χ3v) is 6.23. The smallest absolute Gasteiger partial charge is 0.225 e. The van der Waals surface area contributed by atoms with Gasteiger partial charge in [0.15, 0.2) is 0 Å². The van der Waals surface area contributed by atoms with E-state index in [-0.39, 0.29) is 5.92 Å². The number of amides is 1. The molecule has 5 heteroatoms. The standard InChI is InChI=1S/C25H36N4O/c1-2-6-23(9-13-26)21-28-15-11-24(12-16-28)25(30)29-19-17-27(18-20-29)14-10-22-7-4-3-5-8-22/h2-9,13,24H,1,10-12,14-21,26H2/b13-9-,23-6+. The summed E-state index contributed by atoms with van der Waals surface area (Å²) in [6.07, 6.45) is 10.3. The van der Waals surface area contributed by atoms with E-state index in [2.05, 4.69) is 51.6 Å². The molecule has 1 amide bonds. The summed E-state index contributed by atoms with van der Waals surface area (Å²) in [5.74, 6) is 0.537. The molecule has 2 heterocycles. The lowest BCUT2D eigenvalue weighted by Crippen LogP contribution is -2.51. The summed E-state index contributed by atoms with van der Waals surface area (Å²) in [5.41, 5.74) is 8.08. The van der Waals surface area contributed by atoms with Gasteiger partial charge in [-0.3, -0.25) is 14.6 Å². The average molecular weight is 409 g/mol. The van der Waals surface area contributed by atoms with Crippen LogP contribution in [0, 0.1) is 5.92 Å². The van der Waals surface area contributed by atoms with Gasteiger partial charge in [-0.2, -0.15) is 0 Å². The first kappa shape index (κ1) is 22.3. The van der Waals surface area contributed by atoms with Crippen molar-refractivity contribution < 1.29 is 4.79 Å². The van der Waals surface area contributed by atoms with Gasteiger partial charge in [-0.15, -0.1) is 0 Å². The van der Waals surface area contributed by atoms with Gasteiger partial charge in [-0.05, 0) is 55.8 Å². The van der Waals surface area contributed by atoms with Gasteiger partial charge in [-0.1, -0.05) is 49.1 Å². The Morgan fingerprint density at radius 3 is 2.37 bits per heavy atom. The summed E-state index contributed by atoms with van der Waals surface area (Å²) in [4.78, 5) is 20.0. The molecule has 0 atom stereocenters.